The molecule has 0 saturated heterocycles. The smallest absolute Gasteiger partial charge is 0.119 e. The molecule has 0 spiro atoms. The van der Waals surface area contributed by atoms with Gasteiger partial charge in [0.15, 0.2) is 0 Å². The number of anilines is 1. The summed E-state index contributed by atoms with van der Waals surface area (Å²) in [5.74, 6) is 1.83. The molecule has 21 heavy (non-hydrogen) atoms. The average Bonchev–Trinajstić information content (AvgIpc) is 2.47. The molecule has 0 heterocycles. The van der Waals surface area contributed by atoms with Gasteiger partial charge in [0.25, 0.3) is 0 Å². The number of ether oxygens (including phenoxy) is 2. The van der Waals surface area contributed by atoms with Crippen LogP contribution in [0.3, 0.4) is 0 Å². The number of hydrogen-bond donors (Lipinski definition) is 1. The van der Waals surface area contributed by atoms with Gasteiger partial charge in [0.1, 0.15) is 18.1 Å². The van der Waals surface area contributed by atoms with Crippen molar-refractivity contribution in [1.82, 2.24) is 0 Å². The van der Waals surface area contributed by atoms with Crippen molar-refractivity contribution in [2.24, 2.45) is 0 Å². The fraction of sp³-hybridized carbons (Fsp3) is 0.200. The molecule has 0 bridgehead atoms. The lowest BCUT2D eigenvalue weighted by molar-refractivity contribution is 0.341. The van der Waals surface area contributed by atoms with Gasteiger partial charge in [-0.15, -0.1) is 0 Å². The fourth-order valence-corrected chi connectivity index (χ4v) is 2.92. The maximum atomic E-state index is 12.2. The SMILES string of the molecule is COc1ccc(OCCS(=O)c2ccc(Cl)cc2N)cc1. The third-order valence-electron chi connectivity index (χ3n) is 2.81. The van der Waals surface area contributed by atoms with Gasteiger partial charge in [-0.3, -0.25) is 4.21 Å². The van der Waals surface area contributed by atoms with Crippen LogP contribution in [0.25, 0.3) is 0 Å². The van der Waals surface area contributed by atoms with Gasteiger partial charge >= 0.3 is 0 Å². The number of halogens is 1. The van der Waals surface area contributed by atoms with Crippen LogP contribution in [0.1, 0.15) is 0 Å². The molecule has 112 valence electrons. The van der Waals surface area contributed by atoms with Gasteiger partial charge in [-0.2, -0.15) is 0 Å². The van der Waals surface area contributed by atoms with Gasteiger partial charge in [-0.1, -0.05) is 11.6 Å². The van der Waals surface area contributed by atoms with Crippen LogP contribution in [-0.2, 0) is 10.8 Å². The Morgan fingerprint density at radius 3 is 2.43 bits per heavy atom. The summed E-state index contributed by atoms with van der Waals surface area (Å²) in [5.41, 5.74) is 6.24. The summed E-state index contributed by atoms with van der Waals surface area (Å²) in [4.78, 5) is 0.581. The summed E-state index contributed by atoms with van der Waals surface area (Å²) in [6.07, 6.45) is 0. The molecule has 2 aromatic rings. The maximum Gasteiger partial charge on any atom is 0.119 e. The molecule has 2 rings (SSSR count). The van der Waals surface area contributed by atoms with E-state index >= 15 is 0 Å². The van der Waals surface area contributed by atoms with Crippen molar-refractivity contribution >= 4 is 28.1 Å². The minimum absolute atomic E-state index is 0.334. The van der Waals surface area contributed by atoms with Crippen LogP contribution in [0.2, 0.25) is 5.02 Å². The zero-order chi connectivity index (χ0) is 15.2. The third kappa shape index (κ3) is 4.37. The number of rotatable bonds is 6. The van der Waals surface area contributed by atoms with E-state index in [4.69, 9.17) is 26.8 Å². The second kappa shape index (κ2) is 7.33. The lowest BCUT2D eigenvalue weighted by atomic mass is 10.3. The zero-order valence-electron chi connectivity index (χ0n) is 11.5. The molecule has 0 fully saturated rings. The Labute approximate surface area is 131 Å². The summed E-state index contributed by atoms with van der Waals surface area (Å²) < 4.78 is 22.8. The van der Waals surface area contributed by atoms with Crippen molar-refractivity contribution in [3.63, 3.8) is 0 Å². The maximum absolute atomic E-state index is 12.2. The molecule has 0 aliphatic rings. The number of nitrogens with two attached hydrogens (primary N) is 1. The van der Waals surface area contributed by atoms with Crippen molar-refractivity contribution in [3.8, 4) is 11.5 Å². The first-order chi connectivity index (χ1) is 10.1. The van der Waals surface area contributed by atoms with E-state index in [1.165, 1.54) is 0 Å². The van der Waals surface area contributed by atoms with E-state index in [9.17, 15) is 4.21 Å². The molecule has 0 aliphatic heterocycles. The largest absolute Gasteiger partial charge is 0.497 e. The van der Waals surface area contributed by atoms with Crippen molar-refractivity contribution in [2.45, 2.75) is 4.90 Å². The van der Waals surface area contributed by atoms with Crippen LogP contribution < -0.4 is 15.2 Å². The molecule has 0 aliphatic carbocycles. The highest BCUT2D eigenvalue weighted by atomic mass is 35.5. The number of hydrogen-bond acceptors (Lipinski definition) is 4. The Hall–Kier alpha value is -1.72. The summed E-state index contributed by atoms with van der Waals surface area (Å²) in [5, 5.41) is 0.530. The topological polar surface area (TPSA) is 61.5 Å². The van der Waals surface area contributed by atoms with E-state index in [0.29, 0.717) is 33.7 Å². The zero-order valence-corrected chi connectivity index (χ0v) is 13.1. The van der Waals surface area contributed by atoms with E-state index in [1.54, 1.807) is 37.4 Å². The molecule has 2 aromatic carbocycles. The minimum atomic E-state index is -1.22. The first kappa shape index (κ1) is 15.7. The molecule has 4 nitrogen and oxygen atoms in total. The Kier molecular flexibility index (Phi) is 5.47. The van der Waals surface area contributed by atoms with Crippen LogP contribution in [0, 0.1) is 0 Å². The Bertz CT molecular complexity index is 631. The summed E-state index contributed by atoms with van der Waals surface area (Å²) >= 11 is 5.82. The van der Waals surface area contributed by atoms with Gasteiger partial charge in [-0.05, 0) is 42.5 Å². The normalized spacial score (nSPS) is 11.9. The first-order valence-electron chi connectivity index (χ1n) is 6.30. The highest BCUT2D eigenvalue weighted by molar-refractivity contribution is 7.85. The summed E-state index contributed by atoms with van der Waals surface area (Å²) in [6, 6.07) is 12.2. The van der Waals surface area contributed by atoms with E-state index in [0.717, 1.165) is 5.75 Å². The molecule has 0 amide bonds. The number of benzene rings is 2. The molecule has 2 N–H and O–H groups in total. The van der Waals surface area contributed by atoms with E-state index < -0.39 is 10.8 Å². The summed E-state index contributed by atoms with van der Waals surface area (Å²) in [7, 11) is 0.390. The van der Waals surface area contributed by atoms with Gasteiger partial charge in [0.2, 0.25) is 0 Å². The molecule has 0 radical (unpaired) electrons. The van der Waals surface area contributed by atoms with E-state index in [2.05, 4.69) is 0 Å². The Balaban J connectivity index is 1.88. The minimum Gasteiger partial charge on any atom is -0.497 e. The van der Waals surface area contributed by atoms with Crippen molar-refractivity contribution in [3.05, 3.63) is 47.5 Å². The van der Waals surface area contributed by atoms with Crippen LogP contribution in [0.5, 0.6) is 11.5 Å². The van der Waals surface area contributed by atoms with Crippen molar-refractivity contribution < 1.29 is 13.7 Å². The third-order valence-corrected chi connectivity index (χ3v) is 4.45. The fourth-order valence-electron chi connectivity index (χ4n) is 1.74. The lowest BCUT2D eigenvalue weighted by Crippen LogP contribution is -2.10. The molecule has 0 aromatic heterocycles. The number of nitrogen functional groups attached to an aromatic ring is 1. The Morgan fingerprint density at radius 2 is 1.81 bits per heavy atom. The number of methoxy groups -OCH3 is 1. The van der Waals surface area contributed by atoms with E-state index in [-0.39, 0.29) is 0 Å². The monoisotopic (exact) mass is 325 g/mol. The van der Waals surface area contributed by atoms with Crippen molar-refractivity contribution in [2.75, 3.05) is 25.2 Å². The van der Waals surface area contributed by atoms with Gasteiger partial charge in [0, 0.05) is 10.7 Å². The van der Waals surface area contributed by atoms with Crippen LogP contribution in [0.15, 0.2) is 47.4 Å². The summed E-state index contributed by atoms with van der Waals surface area (Å²) in [6.45, 7) is 0.334. The lowest BCUT2D eigenvalue weighted by Gasteiger charge is -2.08. The first-order valence-corrected chi connectivity index (χ1v) is 8.00. The second-order valence-electron chi connectivity index (χ2n) is 4.26. The standard InChI is InChI=1S/C15H16ClNO3S/c1-19-12-3-5-13(6-4-12)20-8-9-21(18)15-7-2-11(16)10-14(15)17/h2-7,10H,8-9,17H2,1H3. The molecule has 1 atom stereocenters. The molecular weight excluding hydrogens is 310 g/mol. The van der Waals surface area contributed by atoms with Crippen LogP contribution >= 0.6 is 11.6 Å². The molecular formula is C15H16ClNO3S. The molecule has 0 saturated carbocycles. The highest BCUT2D eigenvalue weighted by Crippen LogP contribution is 2.21. The predicted molar refractivity (Wildman–Crippen MR) is 85.6 cm³/mol. The Morgan fingerprint density at radius 1 is 1.14 bits per heavy atom. The second-order valence-corrected chi connectivity index (χ2v) is 6.23. The quantitative estimate of drug-likeness (QED) is 0.829. The van der Waals surface area contributed by atoms with E-state index in [1.807, 2.05) is 12.1 Å². The van der Waals surface area contributed by atoms with Crippen LogP contribution in [0.4, 0.5) is 5.69 Å². The average molecular weight is 326 g/mol. The predicted octanol–water partition coefficient (Wildman–Crippen LogP) is 3.12. The van der Waals surface area contributed by atoms with Crippen LogP contribution in [-0.4, -0.2) is 23.7 Å². The van der Waals surface area contributed by atoms with Gasteiger partial charge in [-0.25, -0.2) is 0 Å². The molecule has 6 heteroatoms. The van der Waals surface area contributed by atoms with Crippen molar-refractivity contribution in [1.29, 1.82) is 0 Å². The van der Waals surface area contributed by atoms with Gasteiger partial charge in [0.05, 0.1) is 28.6 Å². The molecule has 1 unspecified atom stereocenters. The highest BCUT2D eigenvalue weighted by Gasteiger charge is 2.08. The van der Waals surface area contributed by atoms with Gasteiger partial charge < -0.3 is 15.2 Å².